The van der Waals surface area contributed by atoms with Gasteiger partial charge in [0.05, 0.1) is 24.4 Å². The van der Waals surface area contributed by atoms with Crippen molar-refractivity contribution in [3.8, 4) is 0 Å². The summed E-state index contributed by atoms with van der Waals surface area (Å²) in [6, 6.07) is 0. The van der Waals surface area contributed by atoms with Crippen LogP contribution in [0.15, 0.2) is 24.4 Å². The molecule has 0 spiro atoms. The van der Waals surface area contributed by atoms with E-state index in [1.54, 1.807) is 27.7 Å². The Morgan fingerprint density at radius 1 is 0.353 bits per heavy atom. The first-order valence-electron chi connectivity index (χ1n) is 26.5. The van der Waals surface area contributed by atoms with E-state index in [1.807, 2.05) is 18.4 Å². The molecule has 8 aliphatic rings. The summed E-state index contributed by atoms with van der Waals surface area (Å²) in [5, 5.41) is 87.9. The van der Waals surface area contributed by atoms with Crippen LogP contribution in [0.4, 0.5) is 0 Å². The number of allylic oxidation sites excluding steroid dienone is 2. The molecular weight excluding hydrogens is 950 g/mol. The fourth-order valence-corrected chi connectivity index (χ4v) is 9.93. The third-order valence-electron chi connectivity index (χ3n) is 13.6. The van der Waals surface area contributed by atoms with Gasteiger partial charge in [-0.2, -0.15) is 6.20 Å². The molecule has 0 aromatic rings. The normalized spacial score (nSPS) is 32.1. The average molecular weight is 1050 g/mol. The number of aliphatic hydroxyl groups excluding tert-OH is 4. The number of hydrogen-bond donors (Lipinski definition) is 8. The third kappa shape index (κ3) is 27.7. The Morgan fingerprint density at radius 2 is 0.588 bits per heavy atom. The van der Waals surface area contributed by atoms with Crippen LogP contribution in [0.25, 0.3) is 42.5 Å². The third-order valence-corrected chi connectivity index (χ3v) is 13.6. The Labute approximate surface area is 434 Å². The molecule has 12 atom stereocenters. The van der Waals surface area contributed by atoms with Gasteiger partial charge in [0.15, 0.2) is 0 Å². The number of nitrogens with one attached hydrogen (secondary N) is 4. The van der Waals surface area contributed by atoms with Crippen molar-refractivity contribution in [3.05, 3.63) is 67.0 Å². The van der Waals surface area contributed by atoms with Gasteiger partial charge in [-0.15, -0.1) is 45.8 Å². The molecule has 8 rings (SSSR count). The molecule has 68 heavy (non-hydrogen) atoms. The summed E-state index contributed by atoms with van der Waals surface area (Å²) in [7, 11) is 0. The number of rotatable bonds is 13. The Hall–Kier alpha value is -0.307. The fourth-order valence-electron chi connectivity index (χ4n) is 9.93. The van der Waals surface area contributed by atoms with E-state index in [0.717, 1.165) is 52.2 Å². The molecule has 0 amide bonds. The fraction of sp³-hybridized carbons (Fsp3) is 0.920. The van der Waals surface area contributed by atoms with Crippen LogP contribution in [0.3, 0.4) is 0 Å². The van der Waals surface area contributed by atoms with E-state index in [-0.39, 0.29) is 39.7 Å². The zero-order valence-corrected chi connectivity index (χ0v) is 44.3. The Bertz CT molecular complexity index is 1060. The SMILES string of the molecule is C1=C[N-]C(NC2CCCC[N-]2)C=C1.C1CCC(NC2CCCC[N-]2)[N-]C1.C1CCC(NC2CCCC[N-]2)[N-]C1.C1CCC(NC2CCCC[N-]2)[N-]C1.CC(O)C(C(C)O)C(C(C)O)C(C)O.[Co].[Co]. The van der Waals surface area contributed by atoms with Gasteiger partial charge in [0.2, 0.25) is 0 Å². The summed E-state index contributed by atoms with van der Waals surface area (Å²) in [4.78, 5) is 0. The van der Waals surface area contributed by atoms with E-state index in [2.05, 4.69) is 69.9 Å². The van der Waals surface area contributed by atoms with Crippen LogP contribution < -0.4 is 21.3 Å². The number of aliphatic hydroxyl groups is 4. The van der Waals surface area contributed by atoms with Gasteiger partial charge in [-0.05, 0) is 33.9 Å². The molecule has 16 nitrogen and oxygen atoms in total. The van der Waals surface area contributed by atoms with Gasteiger partial charge in [0.25, 0.3) is 0 Å². The summed E-state index contributed by atoms with van der Waals surface area (Å²) < 4.78 is 0. The zero-order valence-electron chi connectivity index (χ0n) is 42.2. The van der Waals surface area contributed by atoms with E-state index in [9.17, 15) is 20.4 Å². The minimum Gasteiger partial charge on any atom is -0.673 e. The maximum atomic E-state index is 9.47. The molecule has 2 radical (unpaired) electrons. The Morgan fingerprint density at radius 3 is 0.765 bits per heavy atom. The van der Waals surface area contributed by atoms with Crippen LogP contribution in [0.5, 0.6) is 0 Å². The molecule has 18 heteroatoms. The summed E-state index contributed by atoms with van der Waals surface area (Å²) in [6.45, 7) is 13.5. The van der Waals surface area contributed by atoms with Gasteiger partial charge >= 0.3 is 0 Å². The number of piperidine rings is 7. The van der Waals surface area contributed by atoms with Crippen molar-refractivity contribution in [1.29, 1.82) is 0 Å². The number of hydrogen-bond acceptors (Lipinski definition) is 8. The van der Waals surface area contributed by atoms with Crippen molar-refractivity contribution in [2.45, 2.75) is 236 Å². The molecule has 0 aliphatic carbocycles. The van der Waals surface area contributed by atoms with Crippen molar-refractivity contribution in [1.82, 2.24) is 21.3 Å². The first kappa shape index (κ1) is 63.8. The van der Waals surface area contributed by atoms with E-state index < -0.39 is 36.3 Å². The van der Waals surface area contributed by atoms with Crippen LogP contribution in [0.1, 0.15) is 163 Å². The van der Waals surface area contributed by atoms with Gasteiger partial charge < -0.3 is 84.2 Å². The van der Waals surface area contributed by atoms with E-state index >= 15 is 0 Å². The first-order valence-corrected chi connectivity index (χ1v) is 26.5. The van der Waals surface area contributed by atoms with Crippen LogP contribution in [0.2, 0.25) is 0 Å². The summed E-state index contributed by atoms with van der Waals surface area (Å²) in [6.07, 6.45) is 34.3. The number of nitrogens with zero attached hydrogens (tertiary/aromatic N) is 8. The van der Waals surface area contributed by atoms with Crippen molar-refractivity contribution >= 4 is 0 Å². The zero-order chi connectivity index (χ0) is 47.2. The van der Waals surface area contributed by atoms with Gasteiger partial charge in [-0.1, -0.05) is 196 Å². The van der Waals surface area contributed by atoms with Crippen molar-refractivity contribution in [2.24, 2.45) is 11.8 Å². The van der Waals surface area contributed by atoms with Crippen molar-refractivity contribution < 1.29 is 54.0 Å². The molecule has 8 N–H and O–H groups in total. The Kier molecular flexibility index (Phi) is 36.8. The summed E-state index contributed by atoms with van der Waals surface area (Å²) >= 11 is 0. The maximum Gasteiger partial charge on any atom is 0.0569 e. The van der Waals surface area contributed by atoms with Crippen molar-refractivity contribution in [2.75, 3.05) is 45.8 Å². The smallest absolute Gasteiger partial charge is 0.0569 e. The predicted molar refractivity (Wildman–Crippen MR) is 273 cm³/mol. The van der Waals surface area contributed by atoms with E-state index in [4.69, 9.17) is 0 Å². The second-order valence-corrected chi connectivity index (χ2v) is 19.5. The van der Waals surface area contributed by atoms with Gasteiger partial charge in [-0.3, -0.25) is 0 Å². The summed E-state index contributed by atoms with van der Waals surface area (Å²) in [5.41, 5.74) is 0. The molecule has 12 unspecified atom stereocenters. The maximum absolute atomic E-state index is 9.47. The molecule has 0 bridgehead atoms. The van der Waals surface area contributed by atoms with E-state index in [0.29, 0.717) is 43.2 Å². The van der Waals surface area contributed by atoms with Crippen LogP contribution in [-0.2, 0) is 33.6 Å². The molecule has 7 saturated heterocycles. The molecule has 0 saturated carbocycles. The molecule has 8 heterocycles. The average Bonchev–Trinajstić information content (AvgIpc) is 3.34. The molecule has 404 valence electrons. The van der Waals surface area contributed by atoms with E-state index in [1.165, 1.54) is 128 Å². The quantitative estimate of drug-likeness (QED) is 0.0883. The molecule has 8 aliphatic heterocycles. The predicted octanol–water partition coefficient (Wildman–Crippen LogP) is 9.01. The second-order valence-electron chi connectivity index (χ2n) is 19.5. The second kappa shape index (κ2) is 39.2. The van der Waals surface area contributed by atoms with Crippen molar-refractivity contribution in [3.63, 3.8) is 0 Å². The first-order chi connectivity index (χ1) is 32.1. The van der Waals surface area contributed by atoms with Gasteiger partial charge in [0, 0.05) is 45.4 Å². The Balaban J connectivity index is 0.000000290. The molecule has 0 aromatic heterocycles. The minimum absolute atomic E-state index is 0. The monoisotopic (exact) mass is 1040 g/mol. The molecule has 0 aromatic carbocycles. The van der Waals surface area contributed by atoms with Crippen LogP contribution >= 0.6 is 0 Å². The molecule has 7 fully saturated rings. The van der Waals surface area contributed by atoms with Crippen LogP contribution in [-0.4, -0.2) is 140 Å². The van der Waals surface area contributed by atoms with Gasteiger partial charge in [-0.25, -0.2) is 0 Å². The molecular formula is C50H94Co2N12O4-8. The largest absolute Gasteiger partial charge is 0.673 e. The standard InChI is InChI=1S/3C10H19N3.C10H15N3.C10H22O4.2Co/c4*1-3-7-11-9(5-1)13-10-6-2-4-8-12-10;1-5(11)9(6(2)12)10(7(3)13)8(4)14;;/h3*9-10,13H,1-8H2;1,3,5,7,9-10,13H,2,4,6,8H2;5-14H,1-4H3;;/q4*-2;;;. The van der Waals surface area contributed by atoms with Crippen LogP contribution in [0, 0.1) is 11.8 Å². The van der Waals surface area contributed by atoms with Gasteiger partial charge in [0.1, 0.15) is 0 Å². The minimum atomic E-state index is -0.760. The topological polar surface area (TPSA) is 242 Å². The summed E-state index contributed by atoms with van der Waals surface area (Å²) in [5.74, 6) is -1.04.